The molecule has 68 valence electrons. The van der Waals surface area contributed by atoms with Crippen LogP contribution in [0.5, 0.6) is 0 Å². The first kappa shape index (κ1) is 9.46. The Morgan fingerprint density at radius 1 is 1.38 bits per heavy atom. The minimum Gasteiger partial charge on any atom is -0.357 e. The lowest BCUT2D eigenvalue weighted by molar-refractivity contribution is 0.840. The lowest BCUT2D eigenvalue weighted by Gasteiger charge is -2.18. The molecule has 13 heavy (non-hydrogen) atoms. The molecule has 1 aromatic rings. The van der Waals surface area contributed by atoms with Crippen LogP contribution >= 0.6 is 0 Å². The van der Waals surface area contributed by atoms with E-state index in [1.807, 2.05) is 6.07 Å². The molecule has 0 fully saturated rings. The summed E-state index contributed by atoms with van der Waals surface area (Å²) in [6.07, 6.45) is 1.42. The van der Waals surface area contributed by atoms with Crippen LogP contribution in [0.3, 0.4) is 0 Å². The fraction of sp³-hybridized carbons (Fsp3) is 0.444. The maximum Gasteiger partial charge on any atom is 0.145 e. The monoisotopic (exact) mass is 176 g/mol. The summed E-state index contributed by atoms with van der Waals surface area (Å²) in [6, 6.07) is 3.69. The van der Waals surface area contributed by atoms with Gasteiger partial charge in [-0.2, -0.15) is 5.26 Å². The van der Waals surface area contributed by atoms with Gasteiger partial charge in [0.1, 0.15) is 23.9 Å². The van der Waals surface area contributed by atoms with Gasteiger partial charge in [-0.1, -0.05) is 0 Å². The Hall–Kier alpha value is -1.63. The number of hydrogen-bond acceptors (Lipinski definition) is 4. The van der Waals surface area contributed by atoms with E-state index in [0.29, 0.717) is 5.69 Å². The summed E-state index contributed by atoms with van der Waals surface area (Å²) < 4.78 is 0. The maximum atomic E-state index is 8.63. The van der Waals surface area contributed by atoms with Gasteiger partial charge >= 0.3 is 0 Å². The van der Waals surface area contributed by atoms with Crippen LogP contribution in [0, 0.1) is 11.3 Å². The van der Waals surface area contributed by atoms with Crippen molar-refractivity contribution in [3.8, 4) is 6.07 Å². The van der Waals surface area contributed by atoms with Crippen molar-refractivity contribution < 1.29 is 0 Å². The molecule has 0 spiro atoms. The molecule has 0 saturated carbocycles. The maximum absolute atomic E-state index is 8.63. The number of aromatic nitrogens is 2. The second-order valence-electron chi connectivity index (χ2n) is 2.55. The molecule has 4 heteroatoms. The van der Waals surface area contributed by atoms with E-state index in [2.05, 4.69) is 28.7 Å². The average molecular weight is 176 g/mol. The van der Waals surface area contributed by atoms with Crippen LogP contribution in [-0.2, 0) is 0 Å². The highest BCUT2D eigenvalue weighted by molar-refractivity contribution is 5.41. The van der Waals surface area contributed by atoms with Gasteiger partial charge in [0.05, 0.1) is 0 Å². The molecule has 0 atom stereocenters. The summed E-state index contributed by atoms with van der Waals surface area (Å²) in [5, 5.41) is 8.63. The van der Waals surface area contributed by atoms with Gasteiger partial charge in [0, 0.05) is 19.2 Å². The second-order valence-corrected chi connectivity index (χ2v) is 2.55. The number of hydrogen-bond donors (Lipinski definition) is 0. The topological polar surface area (TPSA) is 52.8 Å². The number of nitriles is 1. The fourth-order valence-electron chi connectivity index (χ4n) is 1.13. The molecule has 0 radical (unpaired) electrons. The zero-order chi connectivity index (χ0) is 9.68. The smallest absolute Gasteiger partial charge is 0.145 e. The van der Waals surface area contributed by atoms with Crippen LogP contribution in [0.1, 0.15) is 19.5 Å². The summed E-state index contributed by atoms with van der Waals surface area (Å²) in [6.45, 7) is 5.88. The van der Waals surface area contributed by atoms with Crippen molar-refractivity contribution in [2.45, 2.75) is 13.8 Å². The number of nitrogens with zero attached hydrogens (tertiary/aromatic N) is 4. The molecule has 0 aliphatic heterocycles. The molecular formula is C9H12N4. The van der Waals surface area contributed by atoms with Gasteiger partial charge in [0.2, 0.25) is 0 Å². The molecule has 0 aliphatic carbocycles. The Kier molecular flexibility index (Phi) is 3.21. The van der Waals surface area contributed by atoms with Crippen molar-refractivity contribution in [1.82, 2.24) is 9.97 Å². The Morgan fingerprint density at radius 2 is 2.08 bits per heavy atom. The third kappa shape index (κ3) is 2.15. The summed E-state index contributed by atoms with van der Waals surface area (Å²) in [4.78, 5) is 9.97. The molecule has 0 N–H and O–H groups in total. The first-order valence-electron chi connectivity index (χ1n) is 4.28. The summed E-state index contributed by atoms with van der Waals surface area (Å²) in [5.41, 5.74) is 0.414. The molecular weight excluding hydrogens is 164 g/mol. The molecule has 0 unspecified atom stereocenters. The Labute approximate surface area is 77.8 Å². The first-order chi connectivity index (χ1) is 6.31. The van der Waals surface area contributed by atoms with Crippen LogP contribution in [0.4, 0.5) is 5.82 Å². The van der Waals surface area contributed by atoms with Crippen LogP contribution in [0.15, 0.2) is 12.4 Å². The van der Waals surface area contributed by atoms with E-state index in [0.717, 1.165) is 18.9 Å². The minimum absolute atomic E-state index is 0.414. The van der Waals surface area contributed by atoms with Gasteiger partial charge in [-0.25, -0.2) is 9.97 Å². The van der Waals surface area contributed by atoms with E-state index in [9.17, 15) is 0 Å². The molecule has 0 saturated heterocycles. The second kappa shape index (κ2) is 4.41. The zero-order valence-electron chi connectivity index (χ0n) is 7.86. The lowest BCUT2D eigenvalue weighted by atomic mass is 10.4. The molecule has 1 aromatic heterocycles. The van der Waals surface area contributed by atoms with Crippen molar-refractivity contribution in [2.24, 2.45) is 0 Å². The van der Waals surface area contributed by atoms with Crippen LogP contribution in [-0.4, -0.2) is 23.1 Å². The third-order valence-electron chi connectivity index (χ3n) is 1.85. The Morgan fingerprint density at radius 3 is 2.62 bits per heavy atom. The van der Waals surface area contributed by atoms with Gasteiger partial charge in [-0.05, 0) is 13.8 Å². The van der Waals surface area contributed by atoms with Crippen molar-refractivity contribution in [3.63, 3.8) is 0 Å². The summed E-state index contributed by atoms with van der Waals surface area (Å²) in [7, 11) is 0. The quantitative estimate of drug-likeness (QED) is 0.694. The Balaban J connectivity index is 2.94. The summed E-state index contributed by atoms with van der Waals surface area (Å²) in [5.74, 6) is 0.816. The fourth-order valence-corrected chi connectivity index (χ4v) is 1.13. The highest BCUT2D eigenvalue weighted by atomic mass is 15.2. The lowest BCUT2D eigenvalue weighted by Crippen LogP contribution is -2.23. The van der Waals surface area contributed by atoms with E-state index in [4.69, 9.17) is 5.26 Å². The molecule has 1 heterocycles. The third-order valence-corrected chi connectivity index (χ3v) is 1.85. The van der Waals surface area contributed by atoms with E-state index in [1.54, 1.807) is 6.07 Å². The van der Waals surface area contributed by atoms with Gasteiger partial charge in [0.25, 0.3) is 0 Å². The number of anilines is 1. The minimum atomic E-state index is 0.414. The zero-order valence-corrected chi connectivity index (χ0v) is 7.86. The van der Waals surface area contributed by atoms with Crippen molar-refractivity contribution in [2.75, 3.05) is 18.0 Å². The highest BCUT2D eigenvalue weighted by Gasteiger charge is 2.03. The predicted octanol–water partition coefficient (Wildman–Crippen LogP) is 1.19. The normalized spacial score (nSPS) is 9.31. The summed E-state index contributed by atoms with van der Waals surface area (Å²) >= 11 is 0. The van der Waals surface area contributed by atoms with Crippen LogP contribution in [0.2, 0.25) is 0 Å². The van der Waals surface area contributed by atoms with Gasteiger partial charge in [-0.15, -0.1) is 0 Å². The van der Waals surface area contributed by atoms with E-state index < -0.39 is 0 Å². The Bertz CT molecular complexity index is 312. The number of rotatable bonds is 3. The van der Waals surface area contributed by atoms with Crippen molar-refractivity contribution in [1.29, 1.82) is 5.26 Å². The van der Waals surface area contributed by atoms with Gasteiger partial charge in [-0.3, -0.25) is 0 Å². The predicted molar refractivity (Wildman–Crippen MR) is 50.3 cm³/mol. The molecule has 0 amide bonds. The van der Waals surface area contributed by atoms with Crippen LogP contribution in [0.25, 0.3) is 0 Å². The standard InChI is InChI=1S/C9H12N4/c1-3-13(4-2)9-5-8(6-10)11-7-12-9/h5,7H,3-4H2,1-2H3. The van der Waals surface area contributed by atoms with E-state index in [-0.39, 0.29) is 0 Å². The van der Waals surface area contributed by atoms with Gasteiger partial charge < -0.3 is 4.90 Å². The largest absolute Gasteiger partial charge is 0.357 e. The first-order valence-corrected chi connectivity index (χ1v) is 4.28. The van der Waals surface area contributed by atoms with Crippen molar-refractivity contribution >= 4 is 5.82 Å². The van der Waals surface area contributed by atoms with E-state index in [1.165, 1.54) is 6.33 Å². The molecule has 0 bridgehead atoms. The molecule has 0 aromatic carbocycles. The SMILES string of the molecule is CCN(CC)c1cc(C#N)ncn1. The van der Waals surface area contributed by atoms with Gasteiger partial charge in [0.15, 0.2) is 0 Å². The molecule has 4 nitrogen and oxygen atoms in total. The van der Waals surface area contributed by atoms with Crippen molar-refractivity contribution in [3.05, 3.63) is 18.1 Å². The molecule has 1 rings (SSSR count). The highest BCUT2D eigenvalue weighted by Crippen LogP contribution is 2.09. The average Bonchev–Trinajstić information content (AvgIpc) is 2.20. The molecule has 0 aliphatic rings. The van der Waals surface area contributed by atoms with Crippen LogP contribution < -0.4 is 4.90 Å². The van der Waals surface area contributed by atoms with E-state index >= 15 is 0 Å².